The largest absolute Gasteiger partial charge is 1.00 e. The number of hydrogen-bond acceptors (Lipinski definition) is 2. The van der Waals surface area contributed by atoms with Gasteiger partial charge in [-0.05, 0) is 6.07 Å². The van der Waals surface area contributed by atoms with E-state index in [0.717, 1.165) is 6.07 Å². The van der Waals surface area contributed by atoms with Crippen LogP contribution in [0.2, 0.25) is 5.15 Å². The molecule has 15 heavy (non-hydrogen) atoms. The van der Waals surface area contributed by atoms with Gasteiger partial charge >= 0.3 is 58.4 Å². The van der Waals surface area contributed by atoms with Crippen molar-refractivity contribution in [3.63, 3.8) is 0 Å². The van der Waals surface area contributed by atoms with Gasteiger partial charge in [-0.3, -0.25) is 0 Å². The van der Waals surface area contributed by atoms with E-state index in [2.05, 4.69) is 4.98 Å². The quantitative estimate of drug-likeness (QED) is 0.528. The van der Waals surface area contributed by atoms with Gasteiger partial charge in [-0.25, -0.2) is 4.98 Å². The summed E-state index contributed by atoms with van der Waals surface area (Å²) in [5.74, 6) is 0. The van der Waals surface area contributed by atoms with E-state index in [1.54, 1.807) is 0 Å². The first-order valence-corrected chi connectivity index (χ1v) is 4.92. The summed E-state index contributed by atoms with van der Waals surface area (Å²) >= 11 is 6.35. The smallest absolute Gasteiger partial charge is 0.444 e. The molecule has 0 aliphatic carbocycles. The van der Waals surface area contributed by atoms with Gasteiger partial charge in [0.25, 0.3) is 0 Å². The van der Waals surface area contributed by atoms with Gasteiger partial charge in [0.1, 0.15) is 5.15 Å². The van der Waals surface area contributed by atoms with Crippen LogP contribution in [0.15, 0.2) is 18.3 Å². The predicted octanol–water partition coefficient (Wildman–Crippen LogP) is 0.00810. The number of pyridine rings is 1. The van der Waals surface area contributed by atoms with Crippen LogP contribution in [0.4, 0.5) is 12.9 Å². The van der Waals surface area contributed by atoms with Crippen molar-refractivity contribution in [1.29, 1.82) is 0 Å². The second-order valence-corrected chi connectivity index (χ2v) is 4.21. The fourth-order valence-electron chi connectivity index (χ4n) is 1.11. The molecule has 0 unspecified atom stereocenters. The maximum absolute atomic E-state index is 12.4. The van der Waals surface area contributed by atoms with E-state index < -0.39 is 11.8 Å². The summed E-state index contributed by atoms with van der Waals surface area (Å²) in [6.45, 7) is -4.94. The summed E-state index contributed by atoms with van der Waals surface area (Å²) in [6, 6.07) is 2.58. The topological polar surface area (TPSA) is 12.9 Å². The van der Waals surface area contributed by atoms with Crippen molar-refractivity contribution in [1.82, 2.24) is 4.98 Å². The Morgan fingerprint density at radius 2 is 2.00 bits per heavy atom. The monoisotopic (exact) mass is 275 g/mol. The van der Waals surface area contributed by atoms with E-state index >= 15 is 0 Å². The van der Waals surface area contributed by atoms with Gasteiger partial charge in [0.15, 0.2) is 0 Å². The number of hydrogen-bond donors (Lipinski definition) is 0. The zero-order chi connectivity index (χ0) is 10.3. The molecule has 0 bridgehead atoms. The van der Waals surface area contributed by atoms with E-state index in [4.69, 9.17) is 11.6 Å². The van der Waals surface area contributed by atoms with Gasteiger partial charge in [-0.1, -0.05) is 22.4 Å². The Bertz CT molecular complexity index is 487. The number of nitrogens with zero attached hydrogens (tertiary/aromatic N) is 1. The second kappa shape index (κ2) is 5.03. The van der Waals surface area contributed by atoms with Crippen molar-refractivity contribution in [2.75, 3.05) is 0 Å². The number of fused-ring (bicyclic) bond motifs is 1. The summed E-state index contributed by atoms with van der Waals surface area (Å²) in [7, 11) is 0. The van der Waals surface area contributed by atoms with Crippen molar-refractivity contribution in [3.05, 3.63) is 23.5 Å². The van der Waals surface area contributed by atoms with Crippen LogP contribution in [0, 0.1) is 0 Å². The first kappa shape index (κ1) is 14.0. The molecule has 0 aliphatic heterocycles. The van der Waals surface area contributed by atoms with E-state index in [-0.39, 0.29) is 56.5 Å². The summed E-state index contributed by atoms with van der Waals surface area (Å²) in [5.41, 5.74) is 0. The Morgan fingerprint density at radius 1 is 1.33 bits per heavy atom. The number of thiophene rings is 1. The molecule has 0 atom stereocenters. The predicted molar refractivity (Wildman–Crippen MR) is 53.3 cm³/mol. The minimum absolute atomic E-state index is 0. The molecular formula is C7H3BClF3KNS. The van der Waals surface area contributed by atoms with Gasteiger partial charge in [-0.2, -0.15) is 11.3 Å². The first-order chi connectivity index (χ1) is 6.48. The summed E-state index contributed by atoms with van der Waals surface area (Å²) in [4.78, 5) is 3.71. The molecule has 1 nitrogen and oxygen atoms in total. The van der Waals surface area contributed by atoms with Crippen molar-refractivity contribution in [2.24, 2.45) is 0 Å². The molecule has 0 N–H and O–H groups in total. The Morgan fingerprint density at radius 3 is 2.53 bits per heavy atom. The molecule has 2 aromatic heterocycles. The van der Waals surface area contributed by atoms with E-state index in [1.807, 2.05) is 0 Å². The number of rotatable bonds is 1. The first-order valence-electron chi connectivity index (χ1n) is 3.72. The van der Waals surface area contributed by atoms with Crippen LogP contribution in [0.5, 0.6) is 0 Å². The summed E-state index contributed by atoms with van der Waals surface area (Å²) < 4.78 is 37.0. The van der Waals surface area contributed by atoms with Crippen LogP contribution in [-0.4, -0.2) is 12.0 Å². The maximum Gasteiger partial charge on any atom is 1.00 e. The van der Waals surface area contributed by atoms with Crippen LogP contribution in [0.1, 0.15) is 0 Å². The van der Waals surface area contributed by atoms with Gasteiger partial charge in [-0.15, -0.1) is 0 Å². The molecule has 0 saturated carbocycles. The van der Waals surface area contributed by atoms with Crippen LogP contribution in [0.25, 0.3) is 10.1 Å². The molecule has 2 heterocycles. The molecule has 2 rings (SSSR count). The van der Waals surface area contributed by atoms with Gasteiger partial charge in [0, 0.05) is 16.3 Å². The Kier molecular flexibility index (Phi) is 4.68. The zero-order valence-corrected chi connectivity index (χ0v) is 12.4. The Balaban J connectivity index is 0.00000112. The number of halogens is 4. The zero-order valence-electron chi connectivity index (χ0n) is 7.68. The minimum atomic E-state index is -4.94. The van der Waals surface area contributed by atoms with Crippen molar-refractivity contribution in [2.45, 2.75) is 0 Å². The van der Waals surface area contributed by atoms with Gasteiger partial charge in [0.2, 0.25) is 0 Å². The van der Waals surface area contributed by atoms with Crippen molar-refractivity contribution in [3.8, 4) is 0 Å². The van der Waals surface area contributed by atoms with Crippen LogP contribution in [0.3, 0.4) is 0 Å². The summed E-state index contributed by atoms with van der Waals surface area (Å²) in [5, 5.41) is 0.485. The van der Waals surface area contributed by atoms with Crippen LogP contribution < -0.4 is 56.2 Å². The fourth-order valence-corrected chi connectivity index (χ4v) is 2.34. The number of aromatic nitrogens is 1. The molecule has 0 fully saturated rings. The van der Waals surface area contributed by atoms with Gasteiger partial charge < -0.3 is 12.9 Å². The second-order valence-electron chi connectivity index (χ2n) is 2.74. The molecule has 8 heteroatoms. The van der Waals surface area contributed by atoms with E-state index in [9.17, 15) is 12.9 Å². The average molecular weight is 276 g/mol. The average Bonchev–Trinajstić information content (AvgIpc) is 2.48. The SMILES string of the molecule is F[B-](F)(F)c1cc2c(Cl)nccc2s1.[K+]. The van der Waals surface area contributed by atoms with Gasteiger partial charge in [0.05, 0.1) is 0 Å². The van der Waals surface area contributed by atoms with Crippen molar-refractivity contribution < 1.29 is 64.3 Å². The molecular weight excluding hydrogens is 273 g/mol. The molecule has 74 valence electrons. The third-order valence-electron chi connectivity index (χ3n) is 1.74. The maximum atomic E-state index is 12.4. The Labute approximate surface area is 136 Å². The normalized spacial score (nSPS) is 11.5. The molecule has 0 aromatic carbocycles. The van der Waals surface area contributed by atoms with E-state index in [1.165, 1.54) is 12.3 Å². The molecule has 0 spiro atoms. The molecule has 2 aromatic rings. The molecule has 0 radical (unpaired) electrons. The fraction of sp³-hybridized carbons (Fsp3) is 0. The Hall–Kier alpha value is 0.891. The van der Waals surface area contributed by atoms with Crippen molar-refractivity contribution >= 4 is 44.8 Å². The summed E-state index contributed by atoms with van der Waals surface area (Å²) in [6.07, 6.45) is 1.40. The third-order valence-corrected chi connectivity index (χ3v) is 3.24. The van der Waals surface area contributed by atoms with Crippen LogP contribution in [-0.2, 0) is 0 Å². The van der Waals surface area contributed by atoms with E-state index in [0.29, 0.717) is 21.4 Å². The minimum Gasteiger partial charge on any atom is -0.444 e. The third kappa shape index (κ3) is 2.96. The molecule has 0 amide bonds. The van der Waals surface area contributed by atoms with Crippen LogP contribution >= 0.6 is 22.9 Å². The molecule has 0 aliphatic rings. The molecule has 0 saturated heterocycles. The standard InChI is InChI=1S/C7H3BClF3NS.K/c9-7-4-3-6(8(10,11)12)14-5(4)1-2-13-7;/h1-3H;/q-1;+1.